The number of nitro groups is 1. The Labute approximate surface area is 121 Å². The monoisotopic (exact) mass is 343 g/mol. The number of halogens is 1. The van der Waals surface area contributed by atoms with Crippen LogP contribution in [-0.4, -0.2) is 10.0 Å². The van der Waals surface area contributed by atoms with E-state index in [1.165, 1.54) is 23.5 Å². The van der Waals surface area contributed by atoms with E-state index in [2.05, 4.69) is 15.9 Å². The first-order valence-corrected chi connectivity index (χ1v) is 7.02. The number of benzene rings is 1. The average molecular weight is 344 g/mol. The minimum atomic E-state index is -0.516. The van der Waals surface area contributed by atoms with E-state index in [9.17, 15) is 10.1 Å². The minimum Gasteiger partial charge on any atom is -0.481 e. The SMILES string of the molecule is O=[N+]([O-])c1cc(CO)ccc1OCc1sccc1Br. The van der Waals surface area contributed by atoms with Crippen molar-refractivity contribution in [2.45, 2.75) is 13.2 Å². The van der Waals surface area contributed by atoms with Gasteiger partial charge in [0, 0.05) is 10.5 Å². The Morgan fingerprint density at radius 2 is 2.21 bits per heavy atom. The van der Waals surface area contributed by atoms with Crippen LogP contribution in [0.15, 0.2) is 34.1 Å². The van der Waals surface area contributed by atoms with Gasteiger partial charge < -0.3 is 9.84 Å². The van der Waals surface area contributed by atoms with Crippen LogP contribution < -0.4 is 4.74 Å². The molecule has 0 atom stereocenters. The molecular formula is C12H10BrNO4S. The van der Waals surface area contributed by atoms with Crippen LogP contribution in [0.4, 0.5) is 5.69 Å². The Morgan fingerprint density at radius 3 is 2.79 bits per heavy atom. The zero-order chi connectivity index (χ0) is 13.8. The summed E-state index contributed by atoms with van der Waals surface area (Å²) in [7, 11) is 0. The number of rotatable bonds is 5. The standard InChI is InChI=1S/C12H10BrNO4S/c13-9-3-4-19-12(9)7-18-11-2-1-8(6-15)5-10(11)14(16)17/h1-5,15H,6-7H2. The van der Waals surface area contributed by atoms with E-state index < -0.39 is 4.92 Å². The summed E-state index contributed by atoms with van der Waals surface area (Å²) in [6.45, 7) is 0.0230. The van der Waals surface area contributed by atoms with Crippen LogP contribution in [0.1, 0.15) is 10.4 Å². The molecule has 19 heavy (non-hydrogen) atoms. The lowest BCUT2D eigenvalue weighted by Crippen LogP contribution is -1.99. The van der Waals surface area contributed by atoms with Crippen molar-refractivity contribution in [2.24, 2.45) is 0 Å². The normalized spacial score (nSPS) is 10.4. The smallest absolute Gasteiger partial charge is 0.311 e. The van der Waals surface area contributed by atoms with E-state index in [4.69, 9.17) is 9.84 Å². The van der Waals surface area contributed by atoms with Gasteiger partial charge in [-0.05, 0) is 39.0 Å². The van der Waals surface area contributed by atoms with Gasteiger partial charge in [0.15, 0.2) is 5.75 Å². The molecule has 1 N–H and O–H groups in total. The second-order valence-electron chi connectivity index (χ2n) is 3.70. The van der Waals surface area contributed by atoms with E-state index in [-0.39, 0.29) is 24.7 Å². The van der Waals surface area contributed by atoms with Crippen LogP contribution in [0.5, 0.6) is 5.75 Å². The van der Waals surface area contributed by atoms with Gasteiger partial charge in [-0.15, -0.1) is 11.3 Å². The van der Waals surface area contributed by atoms with E-state index in [0.717, 1.165) is 9.35 Å². The molecule has 5 nitrogen and oxygen atoms in total. The number of nitro benzene ring substituents is 1. The highest BCUT2D eigenvalue weighted by atomic mass is 79.9. The second kappa shape index (κ2) is 6.14. The van der Waals surface area contributed by atoms with E-state index in [1.807, 2.05) is 11.4 Å². The summed E-state index contributed by atoms with van der Waals surface area (Å²) in [6, 6.07) is 6.32. The summed E-state index contributed by atoms with van der Waals surface area (Å²) in [6.07, 6.45) is 0. The van der Waals surface area contributed by atoms with Crippen molar-refractivity contribution in [3.8, 4) is 5.75 Å². The van der Waals surface area contributed by atoms with Crippen molar-refractivity contribution >= 4 is 33.0 Å². The third kappa shape index (κ3) is 3.31. The zero-order valence-electron chi connectivity index (χ0n) is 9.71. The molecule has 0 radical (unpaired) electrons. The summed E-state index contributed by atoms with van der Waals surface area (Å²) < 4.78 is 6.40. The van der Waals surface area contributed by atoms with Gasteiger partial charge in [-0.1, -0.05) is 6.07 Å². The van der Waals surface area contributed by atoms with Crippen molar-refractivity contribution in [3.63, 3.8) is 0 Å². The highest BCUT2D eigenvalue weighted by Gasteiger charge is 2.16. The van der Waals surface area contributed by atoms with Gasteiger partial charge in [0.2, 0.25) is 0 Å². The zero-order valence-corrected chi connectivity index (χ0v) is 12.1. The van der Waals surface area contributed by atoms with Crippen LogP contribution in [0, 0.1) is 10.1 Å². The Hall–Kier alpha value is -1.44. The van der Waals surface area contributed by atoms with Crippen LogP contribution >= 0.6 is 27.3 Å². The fourth-order valence-electron chi connectivity index (χ4n) is 1.50. The maximum Gasteiger partial charge on any atom is 0.311 e. The fraction of sp³-hybridized carbons (Fsp3) is 0.167. The molecule has 0 aliphatic heterocycles. The molecule has 0 amide bonds. The predicted molar refractivity (Wildman–Crippen MR) is 75.4 cm³/mol. The molecule has 0 bridgehead atoms. The molecule has 2 rings (SSSR count). The van der Waals surface area contributed by atoms with Crippen LogP contribution in [-0.2, 0) is 13.2 Å². The summed E-state index contributed by atoms with van der Waals surface area (Å²) >= 11 is 4.88. The average Bonchev–Trinajstić information content (AvgIpc) is 2.81. The van der Waals surface area contributed by atoms with Crippen molar-refractivity contribution in [2.75, 3.05) is 0 Å². The molecule has 100 valence electrons. The van der Waals surface area contributed by atoms with E-state index in [1.54, 1.807) is 6.07 Å². The van der Waals surface area contributed by atoms with Crippen molar-refractivity contribution in [1.82, 2.24) is 0 Å². The molecule has 0 spiro atoms. The quantitative estimate of drug-likeness (QED) is 0.666. The summed E-state index contributed by atoms with van der Waals surface area (Å²) in [4.78, 5) is 11.4. The second-order valence-corrected chi connectivity index (χ2v) is 5.55. The number of thiophene rings is 1. The van der Waals surface area contributed by atoms with Gasteiger partial charge in [-0.3, -0.25) is 10.1 Å². The van der Waals surface area contributed by atoms with Gasteiger partial charge >= 0.3 is 5.69 Å². The highest BCUT2D eigenvalue weighted by molar-refractivity contribution is 9.10. The fourth-order valence-corrected chi connectivity index (χ4v) is 2.88. The molecule has 7 heteroatoms. The number of aliphatic hydroxyl groups is 1. The van der Waals surface area contributed by atoms with E-state index in [0.29, 0.717) is 5.56 Å². The Morgan fingerprint density at radius 1 is 1.42 bits per heavy atom. The van der Waals surface area contributed by atoms with Gasteiger partial charge in [0.1, 0.15) is 6.61 Å². The van der Waals surface area contributed by atoms with Gasteiger partial charge in [-0.2, -0.15) is 0 Å². The first-order chi connectivity index (χ1) is 9.11. The van der Waals surface area contributed by atoms with Crippen molar-refractivity contribution in [1.29, 1.82) is 0 Å². The molecule has 0 saturated heterocycles. The third-order valence-corrected chi connectivity index (χ3v) is 4.35. The molecule has 1 aromatic carbocycles. The lowest BCUT2D eigenvalue weighted by Gasteiger charge is -2.07. The first kappa shape index (κ1) is 14.0. The van der Waals surface area contributed by atoms with E-state index >= 15 is 0 Å². The molecule has 0 saturated carbocycles. The number of nitrogens with zero attached hydrogens (tertiary/aromatic N) is 1. The van der Waals surface area contributed by atoms with Gasteiger partial charge in [0.05, 0.1) is 16.4 Å². The Bertz CT molecular complexity index is 599. The molecule has 1 aromatic heterocycles. The molecule has 0 aliphatic rings. The maximum absolute atomic E-state index is 11.0. The number of hydrogen-bond donors (Lipinski definition) is 1. The molecule has 2 aromatic rings. The van der Waals surface area contributed by atoms with Gasteiger partial charge in [0.25, 0.3) is 0 Å². The van der Waals surface area contributed by atoms with Crippen molar-refractivity contribution < 1.29 is 14.8 Å². The molecule has 0 unspecified atom stereocenters. The lowest BCUT2D eigenvalue weighted by atomic mass is 10.2. The largest absolute Gasteiger partial charge is 0.481 e. The number of aliphatic hydroxyl groups excluding tert-OH is 1. The highest BCUT2D eigenvalue weighted by Crippen LogP contribution is 2.30. The van der Waals surface area contributed by atoms with Crippen molar-refractivity contribution in [3.05, 3.63) is 54.7 Å². The van der Waals surface area contributed by atoms with Gasteiger partial charge in [-0.25, -0.2) is 0 Å². The Balaban J connectivity index is 2.20. The third-order valence-electron chi connectivity index (χ3n) is 2.45. The Kier molecular flexibility index (Phi) is 4.52. The first-order valence-electron chi connectivity index (χ1n) is 5.34. The molecule has 1 heterocycles. The molecule has 0 aliphatic carbocycles. The van der Waals surface area contributed by atoms with Crippen LogP contribution in [0.3, 0.4) is 0 Å². The van der Waals surface area contributed by atoms with Crippen LogP contribution in [0.25, 0.3) is 0 Å². The topological polar surface area (TPSA) is 72.6 Å². The number of ether oxygens (including phenoxy) is 1. The molecular weight excluding hydrogens is 334 g/mol. The predicted octanol–water partition coefficient (Wildman–Crippen LogP) is 3.49. The summed E-state index contributed by atoms with van der Waals surface area (Å²) in [5, 5.41) is 21.8. The minimum absolute atomic E-state index is 0.140. The summed E-state index contributed by atoms with van der Waals surface area (Å²) in [5.41, 5.74) is 0.343. The lowest BCUT2D eigenvalue weighted by molar-refractivity contribution is -0.386. The van der Waals surface area contributed by atoms with Crippen LogP contribution in [0.2, 0.25) is 0 Å². The molecule has 0 fully saturated rings. The maximum atomic E-state index is 11.0. The summed E-state index contributed by atoms with van der Waals surface area (Å²) in [5.74, 6) is 0.197. The number of hydrogen-bond acceptors (Lipinski definition) is 5.